The van der Waals surface area contributed by atoms with Gasteiger partial charge < -0.3 is 4.74 Å². The van der Waals surface area contributed by atoms with Crippen molar-refractivity contribution in [2.45, 2.75) is 71.6 Å². The van der Waals surface area contributed by atoms with Crippen molar-refractivity contribution in [3.63, 3.8) is 0 Å². The van der Waals surface area contributed by atoms with E-state index in [0.29, 0.717) is 12.5 Å². The van der Waals surface area contributed by atoms with Gasteiger partial charge in [-0.2, -0.15) is 0 Å². The Hall–Kier alpha value is -0.860. The molecule has 2 rings (SSSR count). The normalized spacial score (nSPS) is 29.2. The summed E-state index contributed by atoms with van der Waals surface area (Å²) in [5.41, 5.74) is 0. The standard InChI is InChI=1S/C19H30F2O/c1-3-18(19(21)14(2)20)22-13-15-9-11-17(12-10-15)16-7-5-4-6-8-16/h3,15-17H,4-13H2,1-2H3/b18-3+,19-14-. The fourth-order valence-electron chi connectivity index (χ4n) is 4.08. The minimum Gasteiger partial charge on any atom is -0.490 e. The lowest BCUT2D eigenvalue weighted by atomic mass is 9.71. The van der Waals surface area contributed by atoms with Gasteiger partial charge in [-0.25, -0.2) is 8.78 Å². The van der Waals surface area contributed by atoms with Crippen LogP contribution in [0.15, 0.2) is 23.5 Å². The molecule has 0 aromatic carbocycles. The first-order valence-electron chi connectivity index (χ1n) is 8.93. The first-order valence-corrected chi connectivity index (χ1v) is 8.93. The summed E-state index contributed by atoms with van der Waals surface area (Å²) in [6, 6.07) is 0. The molecule has 0 unspecified atom stereocenters. The van der Waals surface area contributed by atoms with Crippen LogP contribution < -0.4 is 0 Å². The molecule has 2 saturated carbocycles. The van der Waals surface area contributed by atoms with Gasteiger partial charge in [-0.15, -0.1) is 0 Å². The second-order valence-corrected chi connectivity index (χ2v) is 6.99. The van der Waals surface area contributed by atoms with E-state index in [2.05, 4.69) is 0 Å². The Morgan fingerprint density at radius 3 is 2.09 bits per heavy atom. The van der Waals surface area contributed by atoms with E-state index in [-0.39, 0.29) is 5.76 Å². The highest BCUT2D eigenvalue weighted by Crippen LogP contribution is 2.40. The zero-order valence-corrected chi connectivity index (χ0v) is 14.0. The van der Waals surface area contributed by atoms with E-state index in [9.17, 15) is 8.78 Å². The van der Waals surface area contributed by atoms with Gasteiger partial charge in [0.15, 0.2) is 11.6 Å². The van der Waals surface area contributed by atoms with E-state index < -0.39 is 11.7 Å². The average Bonchev–Trinajstić information content (AvgIpc) is 2.56. The Labute approximate surface area is 133 Å². The van der Waals surface area contributed by atoms with Crippen molar-refractivity contribution in [3.05, 3.63) is 23.5 Å². The third kappa shape index (κ3) is 4.82. The van der Waals surface area contributed by atoms with Crippen LogP contribution in [0.3, 0.4) is 0 Å². The molecule has 2 aliphatic rings. The lowest BCUT2D eigenvalue weighted by Crippen LogP contribution is -2.25. The largest absolute Gasteiger partial charge is 0.490 e. The van der Waals surface area contributed by atoms with Crippen LogP contribution in [0.5, 0.6) is 0 Å². The summed E-state index contributed by atoms with van der Waals surface area (Å²) >= 11 is 0. The maximum Gasteiger partial charge on any atom is 0.195 e. The van der Waals surface area contributed by atoms with E-state index in [0.717, 1.165) is 31.6 Å². The summed E-state index contributed by atoms with van der Waals surface area (Å²) in [4.78, 5) is 0. The molecular weight excluding hydrogens is 282 g/mol. The highest BCUT2D eigenvalue weighted by molar-refractivity contribution is 5.20. The molecule has 0 radical (unpaired) electrons. The zero-order valence-electron chi connectivity index (χ0n) is 14.0. The van der Waals surface area contributed by atoms with Crippen LogP contribution in [0.25, 0.3) is 0 Å². The fourth-order valence-corrected chi connectivity index (χ4v) is 4.08. The molecule has 0 amide bonds. The molecule has 126 valence electrons. The summed E-state index contributed by atoms with van der Waals surface area (Å²) in [6.45, 7) is 3.31. The minimum absolute atomic E-state index is 0.0504. The first-order chi connectivity index (χ1) is 10.6. The number of ether oxygens (including phenoxy) is 1. The van der Waals surface area contributed by atoms with Crippen LogP contribution in [0.4, 0.5) is 8.78 Å². The van der Waals surface area contributed by atoms with Gasteiger partial charge in [0.1, 0.15) is 5.83 Å². The van der Waals surface area contributed by atoms with Crippen molar-refractivity contribution in [1.29, 1.82) is 0 Å². The maximum absolute atomic E-state index is 13.6. The van der Waals surface area contributed by atoms with Gasteiger partial charge in [0, 0.05) is 0 Å². The lowest BCUT2D eigenvalue weighted by Gasteiger charge is -2.35. The van der Waals surface area contributed by atoms with Gasteiger partial charge in [0.05, 0.1) is 6.61 Å². The molecule has 0 saturated heterocycles. The Morgan fingerprint density at radius 1 is 0.955 bits per heavy atom. The highest BCUT2D eigenvalue weighted by Gasteiger charge is 2.28. The Balaban J connectivity index is 1.74. The molecule has 2 aliphatic carbocycles. The second-order valence-electron chi connectivity index (χ2n) is 6.99. The Bertz CT molecular complexity index is 396. The summed E-state index contributed by atoms with van der Waals surface area (Å²) in [5.74, 6) is 0.697. The van der Waals surface area contributed by atoms with Crippen molar-refractivity contribution in [1.82, 2.24) is 0 Å². The number of halogens is 2. The third-order valence-corrected chi connectivity index (χ3v) is 5.46. The van der Waals surface area contributed by atoms with Crippen LogP contribution in [-0.4, -0.2) is 6.61 Å². The second kappa shape index (κ2) is 8.69. The summed E-state index contributed by atoms with van der Waals surface area (Å²) in [6.07, 6.45) is 13.5. The molecular formula is C19H30F2O. The van der Waals surface area contributed by atoms with Crippen molar-refractivity contribution in [2.75, 3.05) is 6.61 Å². The van der Waals surface area contributed by atoms with Crippen LogP contribution in [-0.2, 0) is 4.74 Å². The molecule has 3 heteroatoms. The predicted molar refractivity (Wildman–Crippen MR) is 86.6 cm³/mol. The lowest BCUT2D eigenvalue weighted by molar-refractivity contribution is 0.104. The molecule has 22 heavy (non-hydrogen) atoms. The van der Waals surface area contributed by atoms with Gasteiger partial charge in [-0.05, 0) is 63.4 Å². The summed E-state index contributed by atoms with van der Waals surface area (Å²) in [5, 5.41) is 0. The number of hydrogen-bond acceptors (Lipinski definition) is 1. The van der Waals surface area contributed by atoms with E-state index >= 15 is 0 Å². The third-order valence-electron chi connectivity index (χ3n) is 5.46. The average molecular weight is 312 g/mol. The van der Waals surface area contributed by atoms with Crippen molar-refractivity contribution in [3.8, 4) is 0 Å². The Kier molecular flexibility index (Phi) is 6.91. The highest BCUT2D eigenvalue weighted by atomic mass is 19.2. The summed E-state index contributed by atoms with van der Waals surface area (Å²) < 4.78 is 32.0. The fraction of sp³-hybridized carbons (Fsp3) is 0.789. The predicted octanol–water partition coefficient (Wildman–Crippen LogP) is 6.46. The molecule has 0 aromatic heterocycles. The van der Waals surface area contributed by atoms with Crippen LogP contribution in [0, 0.1) is 17.8 Å². The molecule has 0 heterocycles. The van der Waals surface area contributed by atoms with E-state index in [4.69, 9.17) is 4.74 Å². The summed E-state index contributed by atoms with van der Waals surface area (Å²) in [7, 11) is 0. The number of hydrogen-bond donors (Lipinski definition) is 0. The zero-order chi connectivity index (χ0) is 15.9. The molecule has 0 atom stereocenters. The molecule has 0 N–H and O–H groups in total. The van der Waals surface area contributed by atoms with Crippen LogP contribution in [0.2, 0.25) is 0 Å². The van der Waals surface area contributed by atoms with Crippen molar-refractivity contribution < 1.29 is 13.5 Å². The van der Waals surface area contributed by atoms with Gasteiger partial charge in [0.2, 0.25) is 0 Å². The SMILES string of the molecule is C/C=C(OCC1CCC(C2CCCCC2)CC1)\C(F)=C(/C)F. The van der Waals surface area contributed by atoms with Gasteiger partial charge in [-0.3, -0.25) is 0 Å². The topological polar surface area (TPSA) is 9.23 Å². The smallest absolute Gasteiger partial charge is 0.195 e. The molecule has 0 bridgehead atoms. The molecule has 0 spiro atoms. The van der Waals surface area contributed by atoms with Crippen molar-refractivity contribution >= 4 is 0 Å². The molecule has 1 nitrogen and oxygen atoms in total. The van der Waals surface area contributed by atoms with Gasteiger partial charge in [-0.1, -0.05) is 32.1 Å². The maximum atomic E-state index is 13.6. The van der Waals surface area contributed by atoms with E-state index in [1.807, 2.05) is 0 Å². The molecule has 0 aromatic rings. The number of rotatable bonds is 5. The minimum atomic E-state index is -0.863. The van der Waals surface area contributed by atoms with Crippen molar-refractivity contribution in [2.24, 2.45) is 17.8 Å². The molecule has 2 fully saturated rings. The van der Waals surface area contributed by atoms with Gasteiger partial charge in [0.25, 0.3) is 0 Å². The van der Waals surface area contributed by atoms with Crippen LogP contribution in [0.1, 0.15) is 71.6 Å². The van der Waals surface area contributed by atoms with Gasteiger partial charge >= 0.3 is 0 Å². The Morgan fingerprint density at radius 2 is 1.55 bits per heavy atom. The van der Waals surface area contributed by atoms with E-state index in [1.54, 1.807) is 6.92 Å². The first kappa shape index (κ1) is 17.5. The monoisotopic (exact) mass is 312 g/mol. The van der Waals surface area contributed by atoms with Crippen LogP contribution >= 0.6 is 0 Å². The molecule has 0 aliphatic heterocycles. The van der Waals surface area contributed by atoms with E-state index in [1.165, 1.54) is 51.0 Å². The number of allylic oxidation sites excluding steroid dienone is 3. The quantitative estimate of drug-likeness (QED) is 0.418.